The highest BCUT2D eigenvalue weighted by molar-refractivity contribution is 5.63. The highest BCUT2D eigenvalue weighted by Gasteiger charge is 2.22. The van der Waals surface area contributed by atoms with E-state index in [9.17, 15) is 0 Å². The summed E-state index contributed by atoms with van der Waals surface area (Å²) < 4.78 is 5.22. The van der Waals surface area contributed by atoms with Crippen molar-refractivity contribution < 1.29 is 4.74 Å². The number of likely N-dealkylation sites (N-methyl/N-ethyl adjacent to an activating group) is 1. The maximum absolute atomic E-state index is 5.22. The van der Waals surface area contributed by atoms with Gasteiger partial charge in [0.15, 0.2) is 0 Å². The van der Waals surface area contributed by atoms with Crippen LogP contribution in [0.1, 0.15) is 25.3 Å². The lowest BCUT2D eigenvalue weighted by molar-refractivity contribution is 0.260. The van der Waals surface area contributed by atoms with Crippen LogP contribution < -0.4 is 10.1 Å². The Kier molecular flexibility index (Phi) is 5.31. The zero-order valence-electron chi connectivity index (χ0n) is 14.0. The molecule has 1 saturated heterocycles. The first-order valence-electron chi connectivity index (χ1n) is 8.43. The molecule has 23 heavy (non-hydrogen) atoms. The number of H-pyrrole nitrogens is 1. The van der Waals surface area contributed by atoms with E-state index in [0.717, 1.165) is 36.6 Å². The van der Waals surface area contributed by atoms with E-state index in [4.69, 9.17) is 4.74 Å². The number of nitrogens with zero attached hydrogens (tertiary/aromatic N) is 2. The van der Waals surface area contributed by atoms with Gasteiger partial charge in [0.1, 0.15) is 5.75 Å². The van der Waals surface area contributed by atoms with E-state index in [1.54, 1.807) is 7.11 Å². The van der Waals surface area contributed by atoms with Crippen LogP contribution in [0.4, 0.5) is 0 Å². The van der Waals surface area contributed by atoms with Crippen LogP contribution in [0.3, 0.4) is 0 Å². The van der Waals surface area contributed by atoms with Gasteiger partial charge in [-0.05, 0) is 50.2 Å². The number of hydrogen-bond acceptors (Lipinski definition) is 4. The third-order valence-corrected chi connectivity index (χ3v) is 4.70. The Morgan fingerprint density at radius 3 is 2.91 bits per heavy atom. The summed E-state index contributed by atoms with van der Waals surface area (Å²) >= 11 is 0. The molecule has 1 aromatic carbocycles. The minimum Gasteiger partial charge on any atom is -0.497 e. The maximum atomic E-state index is 5.22. The summed E-state index contributed by atoms with van der Waals surface area (Å²) in [6.07, 6.45) is 4.54. The quantitative estimate of drug-likeness (QED) is 0.825. The van der Waals surface area contributed by atoms with Crippen molar-refractivity contribution in [3.8, 4) is 17.0 Å². The fraction of sp³-hybridized carbons (Fsp3) is 0.500. The Balaban J connectivity index is 1.60. The number of aromatic amines is 1. The number of ether oxygens (including phenoxy) is 1. The lowest BCUT2D eigenvalue weighted by Crippen LogP contribution is -2.37. The van der Waals surface area contributed by atoms with E-state index in [1.165, 1.54) is 24.9 Å². The summed E-state index contributed by atoms with van der Waals surface area (Å²) in [5, 5.41) is 10.9. The molecule has 5 nitrogen and oxygen atoms in total. The lowest BCUT2D eigenvalue weighted by atomic mass is 10.1. The first kappa shape index (κ1) is 16.0. The zero-order valence-corrected chi connectivity index (χ0v) is 14.0. The zero-order chi connectivity index (χ0) is 16.1. The summed E-state index contributed by atoms with van der Waals surface area (Å²) in [4.78, 5) is 2.56. The summed E-state index contributed by atoms with van der Waals surface area (Å²) in [6.45, 7) is 6.52. The molecule has 1 aliphatic heterocycles. The Hall–Kier alpha value is -1.85. The molecule has 1 unspecified atom stereocenters. The summed E-state index contributed by atoms with van der Waals surface area (Å²) in [7, 11) is 1.68. The second kappa shape index (κ2) is 7.62. The third-order valence-electron chi connectivity index (χ3n) is 4.70. The molecule has 5 heteroatoms. The summed E-state index contributed by atoms with van der Waals surface area (Å²) in [5.41, 5.74) is 3.42. The Morgan fingerprint density at radius 1 is 1.35 bits per heavy atom. The van der Waals surface area contributed by atoms with Crippen molar-refractivity contribution >= 4 is 0 Å². The molecule has 1 aromatic heterocycles. The van der Waals surface area contributed by atoms with E-state index in [1.807, 2.05) is 18.3 Å². The van der Waals surface area contributed by atoms with Gasteiger partial charge in [-0.1, -0.05) is 6.92 Å². The van der Waals surface area contributed by atoms with Gasteiger partial charge < -0.3 is 10.1 Å². The third kappa shape index (κ3) is 3.74. The fourth-order valence-electron chi connectivity index (χ4n) is 3.37. The molecule has 124 valence electrons. The Morgan fingerprint density at radius 2 is 2.17 bits per heavy atom. The number of hydrogen-bond donors (Lipinski definition) is 2. The molecule has 2 N–H and O–H groups in total. The largest absolute Gasteiger partial charge is 0.497 e. The second-order valence-corrected chi connectivity index (χ2v) is 6.05. The van der Waals surface area contributed by atoms with E-state index in [2.05, 4.69) is 39.5 Å². The molecule has 0 radical (unpaired) electrons. The van der Waals surface area contributed by atoms with Gasteiger partial charge in [-0.25, -0.2) is 0 Å². The van der Waals surface area contributed by atoms with Crippen molar-refractivity contribution in [2.24, 2.45) is 0 Å². The molecule has 0 amide bonds. The molecule has 2 heterocycles. The molecule has 0 bridgehead atoms. The van der Waals surface area contributed by atoms with Crippen molar-refractivity contribution in [2.75, 3.05) is 26.7 Å². The SMILES string of the molecule is CCN1CCCC1CNCc1cn[nH]c1-c1ccc(OC)cc1. The van der Waals surface area contributed by atoms with Crippen LogP contribution in [0.2, 0.25) is 0 Å². The molecule has 0 saturated carbocycles. The first-order valence-corrected chi connectivity index (χ1v) is 8.43. The number of rotatable bonds is 7. The summed E-state index contributed by atoms with van der Waals surface area (Å²) in [6, 6.07) is 8.75. The predicted molar refractivity (Wildman–Crippen MR) is 92.6 cm³/mol. The smallest absolute Gasteiger partial charge is 0.118 e. The number of likely N-dealkylation sites (tertiary alicyclic amines) is 1. The average molecular weight is 314 g/mol. The molecule has 3 rings (SSSR count). The number of benzene rings is 1. The van der Waals surface area contributed by atoms with Crippen molar-refractivity contribution in [1.82, 2.24) is 20.4 Å². The number of nitrogens with one attached hydrogen (secondary N) is 2. The van der Waals surface area contributed by atoms with Gasteiger partial charge in [0.25, 0.3) is 0 Å². The standard InChI is InChI=1S/C18H26N4O/c1-3-22-10-4-5-16(22)13-19-11-15-12-20-21-18(15)14-6-8-17(23-2)9-7-14/h6-9,12,16,19H,3-5,10-11,13H2,1-2H3,(H,20,21). The van der Waals surface area contributed by atoms with Crippen LogP contribution in [0, 0.1) is 0 Å². The molecular weight excluding hydrogens is 288 g/mol. The molecule has 2 aromatic rings. The predicted octanol–water partition coefficient (Wildman–Crippen LogP) is 2.66. The van der Waals surface area contributed by atoms with Crippen LogP contribution in [0.15, 0.2) is 30.5 Å². The molecule has 0 spiro atoms. The number of aromatic nitrogens is 2. The topological polar surface area (TPSA) is 53.2 Å². The molecule has 1 fully saturated rings. The van der Waals surface area contributed by atoms with Gasteiger partial charge in [-0.2, -0.15) is 5.10 Å². The molecular formula is C18H26N4O. The van der Waals surface area contributed by atoms with Crippen LogP contribution in [0.25, 0.3) is 11.3 Å². The fourth-order valence-corrected chi connectivity index (χ4v) is 3.37. The van der Waals surface area contributed by atoms with Gasteiger partial charge in [0, 0.05) is 30.3 Å². The molecule has 0 aliphatic carbocycles. The van der Waals surface area contributed by atoms with Crippen molar-refractivity contribution in [3.05, 3.63) is 36.0 Å². The van der Waals surface area contributed by atoms with Crippen molar-refractivity contribution in [2.45, 2.75) is 32.4 Å². The van der Waals surface area contributed by atoms with Gasteiger partial charge in [-0.15, -0.1) is 0 Å². The first-order chi connectivity index (χ1) is 11.3. The Bertz CT molecular complexity index is 608. The minimum atomic E-state index is 0.677. The lowest BCUT2D eigenvalue weighted by Gasteiger charge is -2.22. The normalized spacial score (nSPS) is 18.4. The molecule has 1 aliphatic rings. The van der Waals surface area contributed by atoms with E-state index < -0.39 is 0 Å². The van der Waals surface area contributed by atoms with Gasteiger partial charge >= 0.3 is 0 Å². The van der Waals surface area contributed by atoms with E-state index in [0.29, 0.717) is 6.04 Å². The van der Waals surface area contributed by atoms with Crippen LogP contribution in [-0.4, -0.2) is 47.9 Å². The second-order valence-electron chi connectivity index (χ2n) is 6.05. The highest BCUT2D eigenvalue weighted by Crippen LogP contribution is 2.23. The van der Waals surface area contributed by atoms with Crippen LogP contribution >= 0.6 is 0 Å². The maximum Gasteiger partial charge on any atom is 0.118 e. The number of methoxy groups -OCH3 is 1. The van der Waals surface area contributed by atoms with E-state index in [-0.39, 0.29) is 0 Å². The highest BCUT2D eigenvalue weighted by atomic mass is 16.5. The molecule has 1 atom stereocenters. The van der Waals surface area contributed by atoms with Gasteiger partial charge in [0.05, 0.1) is 19.0 Å². The van der Waals surface area contributed by atoms with Gasteiger partial charge in [-0.3, -0.25) is 10.00 Å². The van der Waals surface area contributed by atoms with Gasteiger partial charge in [0.2, 0.25) is 0 Å². The average Bonchev–Trinajstić information content (AvgIpc) is 3.24. The summed E-state index contributed by atoms with van der Waals surface area (Å²) in [5.74, 6) is 0.869. The van der Waals surface area contributed by atoms with E-state index >= 15 is 0 Å². The van der Waals surface area contributed by atoms with Crippen LogP contribution in [-0.2, 0) is 6.54 Å². The Labute approximate surface area is 138 Å². The van der Waals surface area contributed by atoms with Crippen LogP contribution in [0.5, 0.6) is 5.75 Å². The van der Waals surface area contributed by atoms with Crippen molar-refractivity contribution in [3.63, 3.8) is 0 Å². The minimum absolute atomic E-state index is 0.677. The monoisotopic (exact) mass is 314 g/mol. The van der Waals surface area contributed by atoms with Crippen molar-refractivity contribution in [1.29, 1.82) is 0 Å².